The third-order valence-electron chi connectivity index (χ3n) is 7.86. The van der Waals surface area contributed by atoms with Gasteiger partial charge in [0.05, 0.1) is 0 Å². The number of rotatable bonds is 17. The molecule has 0 aromatic heterocycles. The van der Waals surface area contributed by atoms with E-state index in [0.717, 1.165) is 17.9 Å². The SMILES string of the molecule is CCN(CC)C1(CCCCCCCBr)CC1CCO[Si](C(C)C)(C(C)C)C(C)C. The van der Waals surface area contributed by atoms with Crippen LogP contribution < -0.4 is 0 Å². The van der Waals surface area contributed by atoms with Crippen molar-refractivity contribution in [3.63, 3.8) is 0 Å². The largest absolute Gasteiger partial charge is 0.416 e. The number of unbranched alkanes of at least 4 members (excludes halogenated alkanes) is 4. The van der Waals surface area contributed by atoms with Gasteiger partial charge in [-0.1, -0.05) is 97.0 Å². The molecule has 0 spiro atoms. The Hall–Kier alpha value is 0.617. The summed E-state index contributed by atoms with van der Waals surface area (Å²) in [5.74, 6) is 0.850. The maximum absolute atomic E-state index is 6.89. The van der Waals surface area contributed by atoms with Gasteiger partial charge in [-0.3, -0.25) is 4.90 Å². The summed E-state index contributed by atoms with van der Waals surface area (Å²) in [7, 11) is -1.72. The van der Waals surface area contributed by atoms with Crippen molar-refractivity contribution in [1.29, 1.82) is 0 Å². The second kappa shape index (κ2) is 13.2. The van der Waals surface area contributed by atoms with Gasteiger partial charge in [-0.05, 0) is 61.3 Å². The van der Waals surface area contributed by atoms with Crippen molar-refractivity contribution in [2.75, 3.05) is 25.0 Å². The first kappa shape index (κ1) is 27.7. The molecular weight excluding hydrogens is 438 g/mol. The predicted molar refractivity (Wildman–Crippen MR) is 137 cm³/mol. The zero-order valence-electron chi connectivity index (χ0n) is 21.0. The monoisotopic (exact) mass is 489 g/mol. The second-order valence-electron chi connectivity index (χ2n) is 10.3. The zero-order chi connectivity index (χ0) is 22.1. The Labute approximate surface area is 193 Å². The quantitative estimate of drug-likeness (QED) is 0.115. The fraction of sp³-hybridized carbons (Fsp3) is 1.00. The smallest absolute Gasteiger partial charge is 0.200 e. The summed E-state index contributed by atoms with van der Waals surface area (Å²) < 4.78 is 6.89. The molecule has 0 N–H and O–H groups in total. The lowest BCUT2D eigenvalue weighted by molar-refractivity contribution is 0.155. The molecule has 0 heterocycles. The van der Waals surface area contributed by atoms with E-state index in [1.807, 2.05) is 0 Å². The van der Waals surface area contributed by atoms with Gasteiger partial charge in [0, 0.05) is 17.5 Å². The van der Waals surface area contributed by atoms with Crippen molar-refractivity contribution in [1.82, 2.24) is 4.90 Å². The molecule has 2 atom stereocenters. The highest BCUT2D eigenvalue weighted by Crippen LogP contribution is 2.54. The minimum Gasteiger partial charge on any atom is -0.416 e. The molecule has 2 unspecified atom stereocenters. The number of nitrogens with zero attached hydrogens (tertiary/aromatic N) is 1. The minimum absolute atomic E-state index is 0.486. The van der Waals surface area contributed by atoms with E-state index in [0.29, 0.717) is 22.2 Å². The molecule has 4 heteroatoms. The van der Waals surface area contributed by atoms with Crippen molar-refractivity contribution in [3.8, 4) is 0 Å². The van der Waals surface area contributed by atoms with Gasteiger partial charge in [-0.15, -0.1) is 0 Å². The van der Waals surface area contributed by atoms with Crippen LogP contribution in [-0.4, -0.2) is 43.8 Å². The molecule has 0 aromatic rings. The Morgan fingerprint density at radius 1 is 0.897 bits per heavy atom. The van der Waals surface area contributed by atoms with Crippen LogP contribution in [0.25, 0.3) is 0 Å². The molecule has 1 aliphatic carbocycles. The van der Waals surface area contributed by atoms with Gasteiger partial charge < -0.3 is 4.43 Å². The van der Waals surface area contributed by atoms with Crippen LogP contribution in [0.15, 0.2) is 0 Å². The van der Waals surface area contributed by atoms with E-state index in [9.17, 15) is 0 Å². The molecule has 29 heavy (non-hydrogen) atoms. The van der Waals surface area contributed by atoms with Gasteiger partial charge in [-0.25, -0.2) is 0 Å². The van der Waals surface area contributed by atoms with Crippen LogP contribution in [-0.2, 0) is 4.43 Å². The van der Waals surface area contributed by atoms with E-state index >= 15 is 0 Å². The van der Waals surface area contributed by atoms with Crippen LogP contribution >= 0.6 is 15.9 Å². The van der Waals surface area contributed by atoms with Crippen LogP contribution in [0.5, 0.6) is 0 Å². The van der Waals surface area contributed by atoms with Crippen LogP contribution in [0.3, 0.4) is 0 Å². The first-order chi connectivity index (χ1) is 13.7. The topological polar surface area (TPSA) is 12.5 Å². The molecule has 1 saturated carbocycles. The summed E-state index contributed by atoms with van der Waals surface area (Å²) in [6.07, 6.45) is 11.0. The summed E-state index contributed by atoms with van der Waals surface area (Å²) in [5, 5.41) is 1.16. The average Bonchev–Trinajstić information content (AvgIpc) is 3.35. The standard InChI is InChI=1S/C25H52BrNOSi/c1-9-27(10-2)25(17-14-12-11-13-15-18-26)20-24(25)16-19-28-29(21(3)4,22(5)6)23(7)8/h21-24H,9-20H2,1-8H3. The number of alkyl halides is 1. The van der Waals surface area contributed by atoms with E-state index in [4.69, 9.17) is 4.43 Å². The lowest BCUT2D eigenvalue weighted by atomic mass is 10.00. The molecule has 2 nitrogen and oxygen atoms in total. The maximum Gasteiger partial charge on any atom is 0.200 e. The van der Waals surface area contributed by atoms with Crippen molar-refractivity contribution in [3.05, 3.63) is 0 Å². The normalized spacial score (nSPS) is 22.4. The Balaban J connectivity index is 2.63. The van der Waals surface area contributed by atoms with Crippen molar-refractivity contribution in [2.24, 2.45) is 5.92 Å². The van der Waals surface area contributed by atoms with Crippen molar-refractivity contribution >= 4 is 24.2 Å². The van der Waals surface area contributed by atoms with Crippen LogP contribution in [0.1, 0.15) is 107 Å². The first-order valence-electron chi connectivity index (χ1n) is 12.7. The summed E-state index contributed by atoms with van der Waals surface area (Å²) >= 11 is 3.55. The molecule has 0 saturated heterocycles. The average molecular weight is 491 g/mol. The van der Waals surface area contributed by atoms with Gasteiger partial charge in [0.1, 0.15) is 0 Å². The molecule has 0 amide bonds. The molecule has 0 bridgehead atoms. The Kier molecular flexibility index (Phi) is 12.6. The lowest BCUT2D eigenvalue weighted by Crippen LogP contribution is -2.48. The third-order valence-corrected chi connectivity index (χ3v) is 14.5. The number of hydrogen-bond donors (Lipinski definition) is 0. The fourth-order valence-electron chi connectivity index (χ4n) is 6.38. The van der Waals surface area contributed by atoms with E-state index in [-0.39, 0.29) is 0 Å². The third kappa shape index (κ3) is 7.05. The van der Waals surface area contributed by atoms with Gasteiger partial charge in [0.2, 0.25) is 0 Å². The number of halogens is 1. The van der Waals surface area contributed by atoms with Gasteiger partial charge >= 0.3 is 0 Å². The molecule has 1 aliphatic rings. The van der Waals surface area contributed by atoms with E-state index < -0.39 is 8.32 Å². The highest BCUT2D eigenvalue weighted by molar-refractivity contribution is 9.09. The van der Waals surface area contributed by atoms with Crippen molar-refractivity contribution in [2.45, 2.75) is 129 Å². The van der Waals surface area contributed by atoms with Crippen molar-refractivity contribution < 1.29 is 4.43 Å². The molecule has 0 aromatic carbocycles. The van der Waals surface area contributed by atoms with Gasteiger partial charge in [-0.2, -0.15) is 0 Å². The second-order valence-corrected chi connectivity index (χ2v) is 16.6. The molecule has 0 aliphatic heterocycles. The molecule has 174 valence electrons. The predicted octanol–water partition coefficient (Wildman–Crippen LogP) is 8.40. The summed E-state index contributed by atoms with van der Waals surface area (Å²) in [4.78, 5) is 2.77. The summed E-state index contributed by atoms with van der Waals surface area (Å²) in [6, 6.07) is 0. The van der Waals surface area contributed by atoms with E-state index in [2.05, 4.69) is 76.2 Å². The lowest BCUT2D eigenvalue weighted by Gasteiger charge is -2.42. The van der Waals surface area contributed by atoms with E-state index in [1.54, 1.807) is 0 Å². The minimum atomic E-state index is -1.72. The molecule has 0 radical (unpaired) electrons. The Bertz CT molecular complexity index is 417. The van der Waals surface area contributed by atoms with Crippen LogP contribution in [0, 0.1) is 5.92 Å². The maximum atomic E-state index is 6.89. The number of hydrogen-bond acceptors (Lipinski definition) is 2. The highest BCUT2D eigenvalue weighted by Gasteiger charge is 2.56. The Morgan fingerprint density at radius 2 is 1.41 bits per heavy atom. The highest BCUT2D eigenvalue weighted by atomic mass is 79.9. The summed E-state index contributed by atoms with van der Waals surface area (Å²) in [5.41, 5.74) is 2.55. The molecular formula is C25H52BrNOSi. The Morgan fingerprint density at radius 3 is 1.90 bits per heavy atom. The van der Waals surface area contributed by atoms with Crippen LogP contribution in [0.4, 0.5) is 0 Å². The van der Waals surface area contributed by atoms with Gasteiger partial charge in [0.25, 0.3) is 0 Å². The molecule has 1 fully saturated rings. The van der Waals surface area contributed by atoms with Crippen LogP contribution in [0.2, 0.25) is 16.6 Å². The molecule has 1 rings (SSSR count). The summed E-state index contributed by atoms with van der Waals surface area (Å²) in [6.45, 7) is 22.5. The van der Waals surface area contributed by atoms with Gasteiger partial charge in [0.15, 0.2) is 8.32 Å². The van der Waals surface area contributed by atoms with E-state index in [1.165, 1.54) is 64.5 Å². The zero-order valence-corrected chi connectivity index (χ0v) is 23.6. The first-order valence-corrected chi connectivity index (χ1v) is 15.9. The fourth-order valence-corrected chi connectivity index (χ4v) is 12.2.